The van der Waals surface area contributed by atoms with Crippen molar-refractivity contribution >= 4 is 29.6 Å². The number of hydrogen-bond acceptors (Lipinski definition) is 3. The van der Waals surface area contributed by atoms with E-state index in [1.54, 1.807) is 0 Å². The third kappa shape index (κ3) is 6.04. The van der Waals surface area contributed by atoms with Crippen molar-refractivity contribution in [1.82, 2.24) is 0 Å². The van der Waals surface area contributed by atoms with E-state index in [-0.39, 0.29) is 22.7 Å². The number of rotatable bonds is 1. The summed E-state index contributed by atoms with van der Waals surface area (Å²) in [7, 11) is 1.33. The standard InChI is InChI=1S/C3H6O2S.H4Si/c1-5-3(4)2-6;/h6H,2H2,1H3;1H4. The minimum Gasteiger partial charge on any atom is -0.468 e. The van der Waals surface area contributed by atoms with E-state index in [1.165, 1.54) is 7.11 Å². The van der Waals surface area contributed by atoms with Crippen LogP contribution in [0, 0.1) is 0 Å². The molecule has 0 heterocycles. The molecule has 0 aliphatic rings. The number of carbonyl (C=O) groups is 1. The van der Waals surface area contributed by atoms with Gasteiger partial charge in [0.2, 0.25) is 0 Å². The lowest BCUT2D eigenvalue weighted by Gasteiger charge is -1.86. The molecule has 0 spiro atoms. The molecule has 7 heavy (non-hydrogen) atoms. The Labute approximate surface area is 52.7 Å². The molecule has 2 nitrogen and oxygen atoms in total. The first-order valence-electron chi connectivity index (χ1n) is 1.49. The van der Waals surface area contributed by atoms with Crippen LogP contribution in [0.4, 0.5) is 0 Å². The highest BCUT2D eigenvalue weighted by Crippen LogP contribution is 1.74. The summed E-state index contributed by atoms with van der Waals surface area (Å²) in [5.41, 5.74) is 0. The van der Waals surface area contributed by atoms with Gasteiger partial charge in [0, 0.05) is 0 Å². The Balaban J connectivity index is 0. The lowest BCUT2D eigenvalue weighted by Crippen LogP contribution is -1.99. The van der Waals surface area contributed by atoms with E-state index in [1.807, 2.05) is 0 Å². The highest BCUT2D eigenvalue weighted by atomic mass is 32.1. The van der Waals surface area contributed by atoms with Crippen molar-refractivity contribution in [3.8, 4) is 0 Å². The molecule has 0 unspecified atom stereocenters. The van der Waals surface area contributed by atoms with Gasteiger partial charge in [0.15, 0.2) is 0 Å². The Morgan fingerprint density at radius 1 is 1.86 bits per heavy atom. The van der Waals surface area contributed by atoms with E-state index in [0.717, 1.165) is 0 Å². The second-order valence-corrected chi connectivity index (χ2v) is 1.05. The number of thiol groups is 1. The SMILES string of the molecule is COC(=O)CS.[SiH4]. The van der Waals surface area contributed by atoms with Crippen molar-refractivity contribution in [3.63, 3.8) is 0 Å². The van der Waals surface area contributed by atoms with Gasteiger partial charge >= 0.3 is 5.97 Å². The highest BCUT2D eigenvalue weighted by molar-refractivity contribution is 7.81. The highest BCUT2D eigenvalue weighted by Gasteiger charge is 1.88. The van der Waals surface area contributed by atoms with E-state index in [0.29, 0.717) is 0 Å². The third-order valence-electron chi connectivity index (χ3n) is 0.357. The monoisotopic (exact) mass is 138 g/mol. The van der Waals surface area contributed by atoms with E-state index < -0.39 is 0 Å². The fourth-order valence-corrected chi connectivity index (χ4v) is 0.194. The van der Waals surface area contributed by atoms with Crippen LogP contribution >= 0.6 is 12.6 Å². The molecule has 44 valence electrons. The van der Waals surface area contributed by atoms with Crippen molar-refractivity contribution < 1.29 is 9.53 Å². The molecule has 4 heteroatoms. The summed E-state index contributed by atoms with van der Waals surface area (Å²) >= 11 is 3.62. The first-order chi connectivity index (χ1) is 2.81. The Bertz CT molecular complexity index is 50.9. The van der Waals surface area contributed by atoms with Crippen molar-refractivity contribution in [1.29, 1.82) is 0 Å². The fraction of sp³-hybridized carbons (Fsp3) is 0.667. The van der Waals surface area contributed by atoms with Crippen LogP contribution in [0.3, 0.4) is 0 Å². The molecule has 0 amide bonds. The van der Waals surface area contributed by atoms with Crippen molar-refractivity contribution in [3.05, 3.63) is 0 Å². The van der Waals surface area contributed by atoms with Crippen LogP contribution in [-0.2, 0) is 9.53 Å². The molecule has 0 aromatic heterocycles. The second-order valence-electron chi connectivity index (χ2n) is 0.734. The summed E-state index contributed by atoms with van der Waals surface area (Å²) in [6, 6.07) is 0. The van der Waals surface area contributed by atoms with Crippen LogP contribution < -0.4 is 0 Å². The number of ether oxygens (including phenoxy) is 1. The van der Waals surface area contributed by atoms with Gasteiger partial charge in [-0.25, -0.2) is 0 Å². The number of esters is 1. The smallest absolute Gasteiger partial charge is 0.315 e. The quantitative estimate of drug-likeness (QED) is 0.275. The molecule has 0 aromatic rings. The molecule has 0 saturated heterocycles. The Morgan fingerprint density at radius 3 is 2.29 bits per heavy atom. The van der Waals surface area contributed by atoms with Gasteiger partial charge in [-0.2, -0.15) is 12.6 Å². The summed E-state index contributed by atoms with van der Waals surface area (Å²) in [5, 5.41) is 0. The van der Waals surface area contributed by atoms with E-state index in [4.69, 9.17) is 0 Å². The van der Waals surface area contributed by atoms with Crippen LogP contribution in [0.25, 0.3) is 0 Å². The Morgan fingerprint density at radius 2 is 2.29 bits per heavy atom. The van der Waals surface area contributed by atoms with Crippen LogP contribution in [0.15, 0.2) is 0 Å². The van der Waals surface area contributed by atoms with Gasteiger partial charge in [-0.3, -0.25) is 4.79 Å². The Hall–Kier alpha value is 0.0369. The summed E-state index contributed by atoms with van der Waals surface area (Å²) in [6.45, 7) is 0. The molecular formula is C3H10O2SSi. The molecule has 0 aliphatic carbocycles. The number of hydrogen-bond donors (Lipinski definition) is 1. The van der Waals surface area contributed by atoms with Crippen LogP contribution in [-0.4, -0.2) is 29.8 Å². The first-order valence-corrected chi connectivity index (χ1v) is 2.12. The van der Waals surface area contributed by atoms with Crippen molar-refractivity contribution in [2.24, 2.45) is 0 Å². The molecule has 0 aliphatic heterocycles. The molecule has 0 rings (SSSR count). The summed E-state index contributed by atoms with van der Waals surface area (Å²) in [5.74, 6) is -0.130. The number of methoxy groups -OCH3 is 1. The second kappa shape index (κ2) is 6.04. The van der Waals surface area contributed by atoms with Gasteiger partial charge in [-0.15, -0.1) is 0 Å². The lowest BCUT2D eigenvalue weighted by atomic mass is 10.8. The molecule has 0 bridgehead atoms. The van der Waals surface area contributed by atoms with Gasteiger partial charge < -0.3 is 4.74 Å². The molecule has 0 N–H and O–H groups in total. The average molecular weight is 138 g/mol. The number of carbonyl (C=O) groups excluding carboxylic acids is 1. The predicted octanol–water partition coefficient (Wildman–Crippen LogP) is -1.36. The summed E-state index contributed by atoms with van der Waals surface area (Å²) < 4.78 is 4.18. The summed E-state index contributed by atoms with van der Waals surface area (Å²) in [6.07, 6.45) is 0. The lowest BCUT2D eigenvalue weighted by molar-refractivity contribution is -0.137. The maximum atomic E-state index is 9.88. The predicted molar refractivity (Wildman–Crippen MR) is 37.2 cm³/mol. The van der Waals surface area contributed by atoms with Crippen LogP contribution in [0.2, 0.25) is 0 Å². The Kier molecular flexibility index (Phi) is 8.72. The first kappa shape index (κ1) is 10.1. The fourth-order valence-electron chi connectivity index (χ4n) is 0.0645. The van der Waals surface area contributed by atoms with Gasteiger partial charge in [0.05, 0.1) is 12.9 Å². The maximum absolute atomic E-state index is 9.88. The molecule has 0 aromatic carbocycles. The van der Waals surface area contributed by atoms with Gasteiger partial charge in [-0.1, -0.05) is 0 Å². The zero-order valence-electron chi connectivity index (χ0n) is 3.47. The normalized spacial score (nSPS) is 6.57. The van der Waals surface area contributed by atoms with Gasteiger partial charge in [-0.05, 0) is 11.0 Å². The minimum absolute atomic E-state index is 0. The molecule has 0 atom stereocenters. The summed E-state index contributed by atoms with van der Waals surface area (Å²) in [4.78, 5) is 9.88. The van der Waals surface area contributed by atoms with E-state index >= 15 is 0 Å². The van der Waals surface area contributed by atoms with E-state index in [2.05, 4.69) is 17.4 Å². The topological polar surface area (TPSA) is 26.3 Å². The average Bonchev–Trinajstić information content (AvgIpc) is 1.65. The maximum Gasteiger partial charge on any atom is 0.315 e. The van der Waals surface area contributed by atoms with E-state index in [9.17, 15) is 4.79 Å². The van der Waals surface area contributed by atoms with Crippen molar-refractivity contribution in [2.75, 3.05) is 12.9 Å². The minimum atomic E-state index is -0.293. The van der Waals surface area contributed by atoms with Gasteiger partial charge in [0.25, 0.3) is 0 Å². The van der Waals surface area contributed by atoms with Crippen LogP contribution in [0.5, 0.6) is 0 Å². The van der Waals surface area contributed by atoms with Crippen molar-refractivity contribution in [2.45, 2.75) is 0 Å². The van der Waals surface area contributed by atoms with Crippen LogP contribution in [0.1, 0.15) is 0 Å². The zero-order chi connectivity index (χ0) is 4.99. The largest absolute Gasteiger partial charge is 0.468 e. The molecule has 0 saturated carbocycles. The molecule has 0 fully saturated rings. The third-order valence-corrected chi connectivity index (χ3v) is 0.615. The molecule has 0 radical (unpaired) electrons. The zero-order valence-corrected chi connectivity index (χ0v) is 4.37. The molecular weight excluding hydrogens is 128 g/mol. The van der Waals surface area contributed by atoms with Gasteiger partial charge in [0.1, 0.15) is 0 Å².